The van der Waals surface area contributed by atoms with Gasteiger partial charge in [0.25, 0.3) is 0 Å². The molecule has 5 nitrogen and oxygen atoms in total. The van der Waals surface area contributed by atoms with Gasteiger partial charge in [0, 0.05) is 11.3 Å². The molecule has 0 saturated carbocycles. The number of hydrogen-bond donors (Lipinski definition) is 1. The average Bonchev–Trinajstić information content (AvgIpc) is 2.89. The lowest BCUT2D eigenvalue weighted by molar-refractivity contribution is 0.607. The van der Waals surface area contributed by atoms with Crippen molar-refractivity contribution in [2.24, 2.45) is 0 Å². The van der Waals surface area contributed by atoms with Gasteiger partial charge < -0.3 is 0 Å². The number of aryl methyl sites for hydroxylation is 1. The molecule has 24 heavy (non-hydrogen) atoms. The standard InChI is InChI=1S/C17H16FN3O2S/c1-12-11-17(21(19-12)16-9-5-14(18)6-10-16)13-3-7-15(8-4-13)20-24(2,22)23/h3-11,20H,1-2H3. The molecule has 0 unspecified atom stereocenters. The average molecular weight is 345 g/mol. The highest BCUT2D eigenvalue weighted by Crippen LogP contribution is 2.25. The van der Waals surface area contributed by atoms with Gasteiger partial charge in [-0.25, -0.2) is 17.5 Å². The lowest BCUT2D eigenvalue weighted by atomic mass is 10.1. The molecule has 0 aliphatic heterocycles. The van der Waals surface area contributed by atoms with E-state index in [0.717, 1.165) is 28.9 Å². The summed E-state index contributed by atoms with van der Waals surface area (Å²) < 4.78 is 39.8. The Labute approximate surface area is 139 Å². The summed E-state index contributed by atoms with van der Waals surface area (Å²) in [5, 5.41) is 4.45. The fraction of sp³-hybridized carbons (Fsp3) is 0.118. The SMILES string of the molecule is Cc1cc(-c2ccc(NS(C)(=O)=O)cc2)n(-c2ccc(F)cc2)n1. The van der Waals surface area contributed by atoms with Gasteiger partial charge >= 0.3 is 0 Å². The van der Waals surface area contributed by atoms with E-state index in [0.29, 0.717) is 5.69 Å². The van der Waals surface area contributed by atoms with Gasteiger partial charge in [-0.3, -0.25) is 4.72 Å². The zero-order chi connectivity index (χ0) is 17.3. The van der Waals surface area contributed by atoms with Crippen molar-refractivity contribution in [3.63, 3.8) is 0 Å². The molecule has 0 radical (unpaired) electrons. The van der Waals surface area contributed by atoms with E-state index in [1.807, 2.05) is 25.1 Å². The molecule has 1 N–H and O–H groups in total. The normalized spacial score (nSPS) is 11.5. The number of nitrogens with zero attached hydrogens (tertiary/aromatic N) is 2. The van der Waals surface area contributed by atoms with Crippen LogP contribution in [-0.2, 0) is 10.0 Å². The summed E-state index contributed by atoms with van der Waals surface area (Å²) in [5.41, 5.74) is 3.78. The Morgan fingerprint density at radius 2 is 1.67 bits per heavy atom. The lowest BCUT2D eigenvalue weighted by Crippen LogP contribution is -2.09. The minimum absolute atomic E-state index is 0.305. The molecule has 1 heterocycles. The fourth-order valence-electron chi connectivity index (χ4n) is 2.41. The van der Waals surface area contributed by atoms with E-state index >= 15 is 0 Å². The Kier molecular flexibility index (Phi) is 4.11. The van der Waals surface area contributed by atoms with E-state index in [4.69, 9.17) is 0 Å². The van der Waals surface area contributed by atoms with Crippen LogP contribution in [0.25, 0.3) is 16.9 Å². The molecule has 0 saturated heterocycles. The quantitative estimate of drug-likeness (QED) is 0.789. The Hall–Kier alpha value is -2.67. The Bertz CT molecular complexity index is 962. The van der Waals surface area contributed by atoms with Gasteiger partial charge in [0.05, 0.1) is 23.3 Å². The van der Waals surface area contributed by atoms with Crippen LogP contribution < -0.4 is 4.72 Å². The van der Waals surface area contributed by atoms with Crippen molar-refractivity contribution in [3.8, 4) is 16.9 Å². The molecule has 2 aromatic carbocycles. The topological polar surface area (TPSA) is 64.0 Å². The third kappa shape index (κ3) is 3.62. The van der Waals surface area contributed by atoms with Crippen molar-refractivity contribution in [1.82, 2.24) is 9.78 Å². The van der Waals surface area contributed by atoms with Crippen LogP contribution in [0.4, 0.5) is 10.1 Å². The summed E-state index contributed by atoms with van der Waals surface area (Å²) in [4.78, 5) is 0. The summed E-state index contributed by atoms with van der Waals surface area (Å²) in [6.45, 7) is 1.88. The van der Waals surface area contributed by atoms with Crippen molar-refractivity contribution in [3.05, 3.63) is 66.1 Å². The second-order valence-electron chi connectivity index (χ2n) is 5.51. The molecule has 3 aromatic rings. The van der Waals surface area contributed by atoms with Gasteiger partial charge in [0.1, 0.15) is 5.82 Å². The first kappa shape index (κ1) is 16.2. The van der Waals surface area contributed by atoms with Crippen LogP contribution in [0, 0.1) is 12.7 Å². The smallest absolute Gasteiger partial charge is 0.229 e. The zero-order valence-electron chi connectivity index (χ0n) is 13.2. The van der Waals surface area contributed by atoms with E-state index < -0.39 is 10.0 Å². The van der Waals surface area contributed by atoms with Crippen molar-refractivity contribution in [1.29, 1.82) is 0 Å². The number of anilines is 1. The maximum absolute atomic E-state index is 13.1. The molecule has 0 bridgehead atoms. The van der Waals surface area contributed by atoms with Gasteiger partial charge in [-0.05, 0) is 49.4 Å². The van der Waals surface area contributed by atoms with E-state index in [9.17, 15) is 12.8 Å². The van der Waals surface area contributed by atoms with Crippen LogP contribution in [0.3, 0.4) is 0 Å². The second kappa shape index (κ2) is 6.09. The van der Waals surface area contributed by atoms with Crippen LogP contribution >= 0.6 is 0 Å². The third-order valence-electron chi connectivity index (χ3n) is 3.39. The van der Waals surface area contributed by atoms with Crippen LogP contribution in [-0.4, -0.2) is 24.5 Å². The van der Waals surface area contributed by atoms with Gasteiger partial charge in [-0.15, -0.1) is 0 Å². The molecule has 0 amide bonds. The minimum atomic E-state index is -3.31. The summed E-state index contributed by atoms with van der Waals surface area (Å²) >= 11 is 0. The molecule has 3 rings (SSSR count). The Morgan fingerprint density at radius 3 is 2.25 bits per heavy atom. The van der Waals surface area contributed by atoms with E-state index in [-0.39, 0.29) is 5.82 Å². The number of nitrogens with one attached hydrogen (secondary N) is 1. The number of hydrogen-bond acceptors (Lipinski definition) is 3. The molecule has 0 fully saturated rings. The van der Waals surface area contributed by atoms with E-state index in [1.54, 1.807) is 28.9 Å². The summed E-state index contributed by atoms with van der Waals surface area (Å²) in [6.07, 6.45) is 1.11. The molecule has 124 valence electrons. The highest BCUT2D eigenvalue weighted by Gasteiger charge is 2.10. The van der Waals surface area contributed by atoms with Crippen molar-refractivity contribution in [2.75, 3.05) is 11.0 Å². The van der Waals surface area contributed by atoms with E-state index in [1.165, 1.54) is 12.1 Å². The summed E-state index contributed by atoms with van der Waals surface area (Å²) in [5.74, 6) is -0.305. The number of halogens is 1. The number of rotatable bonds is 4. The maximum atomic E-state index is 13.1. The highest BCUT2D eigenvalue weighted by molar-refractivity contribution is 7.92. The van der Waals surface area contributed by atoms with Crippen molar-refractivity contribution < 1.29 is 12.8 Å². The predicted octanol–water partition coefficient (Wildman–Crippen LogP) is 3.36. The highest BCUT2D eigenvalue weighted by atomic mass is 32.2. The molecule has 1 aromatic heterocycles. The Balaban J connectivity index is 1.99. The number of aromatic nitrogens is 2. The fourth-order valence-corrected chi connectivity index (χ4v) is 2.97. The second-order valence-corrected chi connectivity index (χ2v) is 7.26. The lowest BCUT2D eigenvalue weighted by Gasteiger charge is -2.09. The first-order chi connectivity index (χ1) is 11.3. The predicted molar refractivity (Wildman–Crippen MR) is 92.2 cm³/mol. The monoisotopic (exact) mass is 345 g/mol. The van der Waals surface area contributed by atoms with Gasteiger partial charge in [-0.1, -0.05) is 12.1 Å². The summed E-state index contributed by atoms with van der Waals surface area (Å²) in [6, 6.07) is 15.0. The third-order valence-corrected chi connectivity index (χ3v) is 3.99. The molecular weight excluding hydrogens is 329 g/mol. The van der Waals surface area contributed by atoms with Gasteiger partial charge in [0.2, 0.25) is 10.0 Å². The first-order valence-electron chi connectivity index (χ1n) is 7.23. The molecule has 7 heteroatoms. The zero-order valence-corrected chi connectivity index (χ0v) is 14.0. The summed E-state index contributed by atoms with van der Waals surface area (Å²) in [7, 11) is -3.31. The van der Waals surface area contributed by atoms with Crippen LogP contribution in [0.1, 0.15) is 5.69 Å². The van der Waals surface area contributed by atoms with E-state index in [2.05, 4.69) is 9.82 Å². The molecule has 0 spiro atoms. The maximum Gasteiger partial charge on any atom is 0.229 e. The van der Waals surface area contributed by atoms with Gasteiger partial charge in [0.15, 0.2) is 0 Å². The van der Waals surface area contributed by atoms with Gasteiger partial charge in [-0.2, -0.15) is 5.10 Å². The first-order valence-corrected chi connectivity index (χ1v) is 9.12. The van der Waals surface area contributed by atoms with Crippen LogP contribution in [0.2, 0.25) is 0 Å². The van der Waals surface area contributed by atoms with Crippen molar-refractivity contribution in [2.45, 2.75) is 6.92 Å². The molecule has 0 aliphatic carbocycles. The van der Waals surface area contributed by atoms with Crippen LogP contribution in [0.15, 0.2) is 54.6 Å². The Morgan fingerprint density at radius 1 is 1.04 bits per heavy atom. The minimum Gasteiger partial charge on any atom is -0.284 e. The molecule has 0 aliphatic rings. The number of benzene rings is 2. The molecular formula is C17H16FN3O2S. The van der Waals surface area contributed by atoms with Crippen molar-refractivity contribution >= 4 is 15.7 Å². The molecule has 0 atom stereocenters. The largest absolute Gasteiger partial charge is 0.284 e. The van der Waals surface area contributed by atoms with Crippen LogP contribution in [0.5, 0.6) is 0 Å². The number of sulfonamides is 1.